The molecule has 0 spiro atoms. The van der Waals surface area contributed by atoms with Crippen molar-refractivity contribution in [1.29, 1.82) is 0 Å². The van der Waals surface area contributed by atoms with Crippen LogP contribution in [-0.2, 0) is 14.2 Å². The summed E-state index contributed by atoms with van der Waals surface area (Å²) < 4.78 is 21.3. The highest BCUT2D eigenvalue weighted by Gasteiger charge is 2.29. The molecule has 39 heavy (non-hydrogen) atoms. The Bertz CT molecular complexity index is 1100. The summed E-state index contributed by atoms with van der Waals surface area (Å²) in [6.45, 7) is 11.5. The van der Waals surface area contributed by atoms with E-state index in [1.807, 2.05) is 58.0 Å². The molecule has 214 valence electrons. The van der Waals surface area contributed by atoms with Gasteiger partial charge in [-0.25, -0.2) is 9.59 Å². The minimum absolute atomic E-state index is 0.0949. The molecule has 2 aromatic carbocycles. The SMILES string of the molecule is CCN(c1cc(-c2ccc(OCCOC)cc2)cc(C(=O)OC)c1C)[C@H]1CC[C@H](NC(=O)OC(C)(C)C)CC1. The summed E-state index contributed by atoms with van der Waals surface area (Å²) in [5.74, 6) is 0.416. The molecule has 0 heterocycles. The van der Waals surface area contributed by atoms with Gasteiger partial charge in [0.15, 0.2) is 0 Å². The highest BCUT2D eigenvalue weighted by molar-refractivity contribution is 5.95. The maximum Gasteiger partial charge on any atom is 0.407 e. The molecule has 1 amide bonds. The molecule has 1 fully saturated rings. The molecule has 0 aliphatic heterocycles. The van der Waals surface area contributed by atoms with Crippen molar-refractivity contribution in [3.63, 3.8) is 0 Å². The van der Waals surface area contributed by atoms with E-state index in [0.29, 0.717) is 24.8 Å². The van der Waals surface area contributed by atoms with Gasteiger partial charge < -0.3 is 29.2 Å². The van der Waals surface area contributed by atoms with Gasteiger partial charge in [-0.1, -0.05) is 12.1 Å². The van der Waals surface area contributed by atoms with E-state index in [1.165, 1.54) is 7.11 Å². The first-order valence-corrected chi connectivity index (χ1v) is 13.8. The third-order valence-electron chi connectivity index (χ3n) is 7.04. The number of benzene rings is 2. The van der Waals surface area contributed by atoms with Crippen LogP contribution in [0.25, 0.3) is 11.1 Å². The zero-order valence-electron chi connectivity index (χ0n) is 24.5. The number of nitrogens with zero attached hydrogens (tertiary/aromatic N) is 1. The normalized spacial score (nSPS) is 17.3. The molecular formula is C31H44N2O6. The van der Waals surface area contributed by atoms with Crippen LogP contribution in [-0.4, -0.2) is 63.7 Å². The number of alkyl carbamates (subject to hydrolysis) is 1. The van der Waals surface area contributed by atoms with Gasteiger partial charge in [-0.2, -0.15) is 0 Å². The molecule has 0 saturated heterocycles. The number of methoxy groups -OCH3 is 2. The van der Waals surface area contributed by atoms with E-state index >= 15 is 0 Å². The molecular weight excluding hydrogens is 496 g/mol. The first-order valence-electron chi connectivity index (χ1n) is 13.8. The minimum Gasteiger partial charge on any atom is -0.491 e. The van der Waals surface area contributed by atoms with Gasteiger partial charge in [0.2, 0.25) is 0 Å². The maximum absolute atomic E-state index is 12.8. The second-order valence-electron chi connectivity index (χ2n) is 11.0. The number of anilines is 1. The fourth-order valence-corrected chi connectivity index (χ4v) is 5.10. The van der Waals surface area contributed by atoms with Crippen molar-refractivity contribution in [2.45, 2.75) is 78.0 Å². The van der Waals surface area contributed by atoms with Gasteiger partial charge in [-0.05, 0) is 101 Å². The van der Waals surface area contributed by atoms with Crippen LogP contribution in [0.5, 0.6) is 5.75 Å². The van der Waals surface area contributed by atoms with Crippen molar-refractivity contribution in [2.24, 2.45) is 0 Å². The highest BCUT2D eigenvalue weighted by atomic mass is 16.6. The highest BCUT2D eigenvalue weighted by Crippen LogP contribution is 2.36. The van der Waals surface area contributed by atoms with Crippen LogP contribution in [0.15, 0.2) is 36.4 Å². The molecule has 1 aliphatic rings. The lowest BCUT2D eigenvalue weighted by Gasteiger charge is -2.39. The number of nitrogens with one attached hydrogen (secondary N) is 1. The number of carbonyl (C=O) groups excluding carboxylic acids is 2. The molecule has 3 rings (SSSR count). The number of ether oxygens (including phenoxy) is 4. The van der Waals surface area contributed by atoms with Crippen molar-refractivity contribution in [3.8, 4) is 16.9 Å². The lowest BCUT2D eigenvalue weighted by Crippen LogP contribution is -2.45. The third-order valence-corrected chi connectivity index (χ3v) is 7.04. The van der Waals surface area contributed by atoms with E-state index in [4.69, 9.17) is 18.9 Å². The third kappa shape index (κ3) is 8.36. The summed E-state index contributed by atoms with van der Waals surface area (Å²) in [6.07, 6.45) is 3.23. The van der Waals surface area contributed by atoms with Gasteiger partial charge in [0.1, 0.15) is 18.0 Å². The number of carbonyl (C=O) groups is 2. The average Bonchev–Trinajstić information content (AvgIpc) is 2.90. The van der Waals surface area contributed by atoms with E-state index in [2.05, 4.69) is 23.2 Å². The van der Waals surface area contributed by atoms with E-state index < -0.39 is 5.60 Å². The Balaban J connectivity index is 1.82. The quantitative estimate of drug-likeness (QED) is 0.286. The zero-order chi connectivity index (χ0) is 28.6. The second-order valence-corrected chi connectivity index (χ2v) is 11.0. The average molecular weight is 541 g/mol. The van der Waals surface area contributed by atoms with Crippen LogP contribution in [0.1, 0.15) is 69.3 Å². The van der Waals surface area contributed by atoms with E-state index in [-0.39, 0.29) is 18.1 Å². The molecule has 8 heteroatoms. The lowest BCUT2D eigenvalue weighted by atomic mass is 9.89. The van der Waals surface area contributed by atoms with Gasteiger partial charge in [0.05, 0.1) is 19.3 Å². The Morgan fingerprint density at radius 1 is 0.974 bits per heavy atom. The van der Waals surface area contributed by atoms with Crippen molar-refractivity contribution >= 4 is 17.7 Å². The van der Waals surface area contributed by atoms with Crippen LogP contribution in [0.3, 0.4) is 0 Å². The van der Waals surface area contributed by atoms with E-state index in [0.717, 1.165) is 60.4 Å². The predicted octanol–water partition coefficient (Wildman–Crippen LogP) is 6.14. The first kappa shape index (κ1) is 30.3. The molecule has 0 atom stereocenters. The van der Waals surface area contributed by atoms with Crippen LogP contribution >= 0.6 is 0 Å². The van der Waals surface area contributed by atoms with Gasteiger partial charge in [0.25, 0.3) is 0 Å². The molecule has 1 aliphatic carbocycles. The van der Waals surface area contributed by atoms with Crippen molar-refractivity contribution in [2.75, 3.05) is 38.9 Å². The molecule has 1 saturated carbocycles. The van der Waals surface area contributed by atoms with Crippen LogP contribution in [0.2, 0.25) is 0 Å². The maximum atomic E-state index is 12.8. The number of rotatable bonds is 10. The number of hydrogen-bond donors (Lipinski definition) is 1. The predicted molar refractivity (Wildman–Crippen MR) is 154 cm³/mol. The van der Waals surface area contributed by atoms with Gasteiger partial charge in [-0.15, -0.1) is 0 Å². The first-order chi connectivity index (χ1) is 18.6. The summed E-state index contributed by atoms with van der Waals surface area (Å²) in [4.78, 5) is 27.4. The minimum atomic E-state index is -0.516. The van der Waals surface area contributed by atoms with Gasteiger partial charge in [0, 0.05) is 31.4 Å². The van der Waals surface area contributed by atoms with E-state index in [1.54, 1.807) is 7.11 Å². The molecule has 0 aromatic heterocycles. The summed E-state index contributed by atoms with van der Waals surface area (Å²) >= 11 is 0. The number of esters is 1. The Labute approximate surface area is 233 Å². The monoisotopic (exact) mass is 540 g/mol. The largest absolute Gasteiger partial charge is 0.491 e. The smallest absolute Gasteiger partial charge is 0.407 e. The molecule has 1 N–H and O–H groups in total. The summed E-state index contributed by atoms with van der Waals surface area (Å²) in [7, 11) is 3.06. The molecule has 0 unspecified atom stereocenters. The topological polar surface area (TPSA) is 86.3 Å². The van der Waals surface area contributed by atoms with Gasteiger partial charge >= 0.3 is 12.1 Å². The number of hydrogen-bond acceptors (Lipinski definition) is 7. The fraction of sp³-hybridized carbons (Fsp3) is 0.548. The zero-order valence-corrected chi connectivity index (χ0v) is 24.5. The van der Waals surface area contributed by atoms with Crippen molar-refractivity contribution < 1.29 is 28.5 Å². The Hall–Kier alpha value is -3.26. The van der Waals surface area contributed by atoms with E-state index in [9.17, 15) is 9.59 Å². The molecule has 0 bridgehead atoms. The Morgan fingerprint density at radius 3 is 2.21 bits per heavy atom. The molecule has 0 radical (unpaired) electrons. The second kappa shape index (κ2) is 13.7. The molecule has 2 aromatic rings. The number of amides is 1. The Kier molecular flexibility index (Phi) is 10.6. The van der Waals surface area contributed by atoms with Crippen molar-refractivity contribution in [1.82, 2.24) is 5.32 Å². The lowest BCUT2D eigenvalue weighted by molar-refractivity contribution is 0.0490. The fourth-order valence-electron chi connectivity index (χ4n) is 5.10. The summed E-state index contributed by atoms with van der Waals surface area (Å²) in [5.41, 5.74) is 3.90. The van der Waals surface area contributed by atoms with Gasteiger partial charge in [-0.3, -0.25) is 0 Å². The van der Waals surface area contributed by atoms with Crippen LogP contribution < -0.4 is 15.0 Å². The summed E-state index contributed by atoms with van der Waals surface area (Å²) in [6, 6.07) is 12.3. The molecule has 8 nitrogen and oxygen atoms in total. The van der Waals surface area contributed by atoms with Crippen LogP contribution in [0, 0.1) is 6.92 Å². The summed E-state index contributed by atoms with van der Waals surface area (Å²) in [5, 5.41) is 3.03. The standard InChI is InChI=1S/C31H44N2O6/c1-8-33(25-13-11-24(12-14-25)32-30(35)39-31(3,4)5)28-20-23(19-27(21(28)2)29(34)37-7)22-9-15-26(16-10-22)38-18-17-36-6/h9-10,15-16,19-20,24-25H,8,11-14,17-18H2,1-7H3,(H,32,35)/t24-,25-. The van der Waals surface area contributed by atoms with Crippen LogP contribution in [0.4, 0.5) is 10.5 Å². The van der Waals surface area contributed by atoms with Crippen molar-refractivity contribution in [3.05, 3.63) is 47.5 Å². The Morgan fingerprint density at radius 2 is 1.64 bits per heavy atom.